The minimum Gasteiger partial charge on any atom is -0.478 e. The van der Waals surface area contributed by atoms with Crippen LogP contribution in [0.15, 0.2) is 18.2 Å². The van der Waals surface area contributed by atoms with E-state index in [0.29, 0.717) is 24.2 Å². The van der Waals surface area contributed by atoms with Crippen molar-refractivity contribution in [3.05, 3.63) is 29.3 Å². The van der Waals surface area contributed by atoms with Crippen LogP contribution in [-0.4, -0.2) is 28.6 Å². The van der Waals surface area contributed by atoms with E-state index in [9.17, 15) is 9.90 Å². The monoisotopic (exact) mass is 262 g/mol. The van der Waals surface area contributed by atoms with Gasteiger partial charge in [-0.15, -0.1) is 0 Å². The van der Waals surface area contributed by atoms with Crippen molar-refractivity contribution in [1.82, 2.24) is 4.90 Å². The summed E-state index contributed by atoms with van der Waals surface area (Å²) in [5, 5.41) is 9.30. The summed E-state index contributed by atoms with van der Waals surface area (Å²) < 4.78 is 0. The summed E-state index contributed by atoms with van der Waals surface area (Å²) in [6.45, 7) is 6.14. The molecule has 4 nitrogen and oxygen atoms in total. The van der Waals surface area contributed by atoms with E-state index in [1.54, 1.807) is 6.07 Å². The van der Waals surface area contributed by atoms with Gasteiger partial charge in [-0.05, 0) is 37.3 Å². The van der Waals surface area contributed by atoms with Crippen molar-refractivity contribution in [2.75, 3.05) is 12.3 Å². The molecule has 0 spiro atoms. The van der Waals surface area contributed by atoms with Crippen LogP contribution in [-0.2, 0) is 6.54 Å². The van der Waals surface area contributed by atoms with Crippen molar-refractivity contribution in [2.45, 2.75) is 39.3 Å². The van der Waals surface area contributed by atoms with Gasteiger partial charge < -0.3 is 10.8 Å². The van der Waals surface area contributed by atoms with Crippen LogP contribution in [0.1, 0.15) is 42.6 Å². The molecule has 2 rings (SSSR count). The average Bonchev–Trinajstić information content (AvgIpc) is 2.33. The van der Waals surface area contributed by atoms with Gasteiger partial charge in [0.15, 0.2) is 0 Å². The molecule has 1 aliphatic rings. The Bertz CT molecular complexity index is 473. The van der Waals surface area contributed by atoms with E-state index in [2.05, 4.69) is 18.7 Å². The number of aromatic carboxylic acids is 1. The van der Waals surface area contributed by atoms with E-state index in [-0.39, 0.29) is 5.56 Å². The smallest absolute Gasteiger partial charge is 0.338 e. The molecule has 0 aliphatic carbocycles. The Balaban J connectivity index is 2.23. The Kier molecular flexibility index (Phi) is 4.10. The maximum absolute atomic E-state index is 11.3. The number of carboxylic acid groups (broad SMARTS) is 1. The topological polar surface area (TPSA) is 66.6 Å². The molecule has 19 heavy (non-hydrogen) atoms. The van der Waals surface area contributed by atoms with Crippen LogP contribution in [0.5, 0.6) is 0 Å². The summed E-state index contributed by atoms with van der Waals surface area (Å²) in [4.78, 5) is 13.7. The molecule has 3 N–H and O–H groups in total. The molecule has 1 aromatic rings. The van der Waals surface area contributed by atoms with Gasteiger partial charge >= 0.3 is 5.97 Å². The maximum Gasteiger partial charge on any atom is 0.338 e. The molecule has 1 aliphatic heterocycles. The third-order valence-corrected chi connectivity index (χ3v) is 4.02. The van der Waals surface area contributed by atoms with Crippen LogP contribution in [0.3, 0.4) is 0 Å². The first-order valence-corrected chi connectivity index (χ1v) is 6.83. The van der Waals surface area contributed by atoms with Crippen molar-refractivity contribution in [3.63, 3.8) is 0 Å². The fourth-order valence-electron chi connectivity index (χ4n) is 2.83. The summed E-state index contributed by atoms with van der Waals surface area (Å²) in [6.07, 6.45) is 2.42. The minimum absolute atomic E-state index is 0.257. The number of hydrogen-bond acceptors (Lipinski definition) is 3. The Morgan fingerprint density at radius 2 is 2.16 bits per heavy atom. The number of nitrogens with zero attached hydrogens (tertiary/aromatic N) is 1. The standard InChI is InChI=1S/C15H22N2O2/c1-10-6-7-11(2)17(8-10)9-12-4-3-5-13(16)14(12)15(18)19/h3-5,10-11H,6-9,16H2,1-2H3,(H,18,19). The van der Waals surface area contributed by atoms with E-state index in [4.69, 9.17) is 5.73 Å². The lowest BCUT2D eigenvalue weighted by atomic mass is 9.94. The zero-order valence-corrected chi connectivity index (χ0v) is 11.6. The van der Waals surface area contributed by atoms with Gasteiger partial charge in [-0.25, -0.2) is 4.79 Å². The number of rotatable bonds is 3. The predicted octanol–water partition coefficient (Wildman–Crippen LogP) is 2.59. The summed E-state index contributed by atoms with van der Waals surface area (Å²) in [5.74, 6) is -0.267. The number of piperidine rings is 1. The van der Waals surface area contributed by atoms with Gasteiger partial charge in [-0.3, -0.25) is 4.90 Å². The van der Waals surface area contributed by atoms with E-state index in [1.165, 1.54) is 12.8 Å². The highest BCUT2D eigenvalue weighted by atomic mass is 16.4. The molecule has 1 aromatic carbocycles. The van der Waals surface area contributed by atoms with Crippen LogP contribution >= 0.6 is 0 Å². The molecule has 1 fully saturated rings. The highest BCUT2D eigenvalue weighted by Crippen LogP contribution is 2.25. The molecular formula is C15H22N2O2. The first-order valence-electron chi connectivity index (χ1n) is 6.83. The molecule has 0 radical (unpaired) electrons. The molecule has 1 saturated heterocycles. The van der Waals surface area contributed by atoms with Crippen LogP contribution in [0, 0.1) is 5.92 Å². The largest absolute Gasteiger partial charge is 0.478 e. The number of nitrogen functional groups attached to an aromatic ring is 1. The number of nitrogens with two attached hydrogens (primary N) is 1. The molecule has 0 amide bonds. The Labute approximate surface area is 114 Å². The van der Waals surface area contributed by atoms with Gasteiger partial charge in [-0.2, -0.15) is 0 Å². The fraction of sp³-hybridized carbons (Fsp3) is 0.533. The molecule has 104 valence electrons. The number of hydrogen-bond donors (Lipinski definition) is 2. The lowest BCUT2D eigenvalue weighted by Gasteiger charge is -2.37. The lowest BCUT2D eigenvalue weighted by molar-refractivity contribution is 0.0692. The summed E-state index contributed by atoms with van der Waals surface area (Å²) in [6, 6.07) is 5.84. The van der Waals surface area contributed by atoms with E-state index >= 15 is 0 Å². The van der Waals surface area contributed by atoms with E-state index in [0.717, 1.165) is 12.1 Å². The van der Waals surface area contributed by atoms with Crippen LogP contribution in [0.4, 0.5) is 5.69 Å². The van der Waals surface area contributed by atoms with E-state index < -0.39 is 5.97 Å². The first kappa shape index (κ1) is 13.9. The lowest BCUT2D eigenvalue weighted by Crippen LogP contribution is -2.40. The van der Waals surface area contributed by atoms with Gasteiger partial charge in [0.05, 0.1) is 5.56 Å². The maximum atomic E-state index is 11.3. The fourth-order valence-corrected chi connectivity index (χ4v) is 2.83. The van der Waals surface area contributed by atoms with Crippen LogP contribution < -0.4 is 5.73 Å². The first-order chi connectivity index (χ1) is 8.99. The number of anilines is 1. The average molecular weight is 262 g/mol. The molecular weight excluding hydrogens is 240 g/mol. The highest BCUT2D eigenvalue weighted by molar-refractivity contribution is 5.95. The zero-order valence-electron chi connectivity index (χ0n) is 11.6. The number of carboxylic acids is 1. The third-order valence-electron chi connectivity index (χ3n) is 4.02. The third kappa shape index (κ3) is 3.07. The Morgan fingerprint density at radius 3 is 2.84 bits per heavy atom. The second-order valence-electron chi connectivity index (χ2n) is 5.65. The number of likely N-dealkylation sites (tertiary alicyclic amines) is 1. The van der Waals surface area contributed by atoms with Crippen molar-refractivity contribution in [1.29, 1.82) is 0 Å². The predicted molar refractivity (Wildman–Crippen MR) is 76.1 cm³/mol. The van der Waals surface area contributed by atoms with Crippen molar-refractivity contribution >= 4 is 11.7 Å². The summed E-state index contributed by atoms with van der Waals surface area (Å²) in [7, 11) is 0. The van der Waals surface area contributed by atoms with Crippen molar-refractivity contribution in [2.24, 2.45) is 5.92 Å². The Morgan fingerprint density at radius 1 is 1.42 bits per heavy atom. The van der Waals surface area contributed by atoms with Gasteiger partial charge in [0.25, 0.3) is 0 Å². The second-order valence-corrected chi connectivity index (χ2v) is 5.65. The van der Waals surface area contributed by atoms with Crippen molar-refractivity contribution in [3.8, 4) is 0 Å². The number of carbonyl (C=O) groups is 1. The highest BCUT2D eigenvalue weighted by Gasteiger charge is 2.24. The van der Waals surface area contributed by atoms with Crippen molar-refractivity contribution < 1.29 is 9.90 Å². The second kappa shape index (κ2) is 5.61. The summed E-state index contributed by atoms with van der Waals surface area (Å²) >= 11 is 0. The normalized spacial score (nSPS) is 24.3. The summed E-state index contributed by atoms with van der Waals surface area (Å²) in [5.41, 5.74) is 7.21. The van der Waals surface area contributed by atoms with Crippen LogP contribution in [0.25, 0.3) is 0 Å². The molecule has 4 heteroatoms. The molecule has 0 aromatic heterocycles. The molecule has 0 saturated carbocycles. The molecule has 2 atom stereocenters. The number of benzene rings is 1. The quantitative estimate of drug-likeness (QED) is 0.822. The van der Waals surface area contributed by atoms with Gasteiger partial charge in [0, 0.05) is 24.8 Å². The zero-order chi connectivity index (χ0) is 14.0. The molecule has 2 unspecified atom stereocenters. The minimum atomic E-state index is -0.939. The van der Waals surface area contributed by atoms with Gasteiger partial charge in [0.2, 0.25) is 0 Å². The molecule has 1 heterocycles. The van der Waals surface area contributed by atoms with Gasteiger partial charge in [-0.1, -0.05) is 19.1 Å². The SMILES string of the molecule is CC1CCC(C)N(Cc2cccc(N)c2C(=O)O)C1. The molecule has 0 bridgehead atoms. The van der Waals surface area contributed by atoms with E-state index in [1.807, 2.05) is 12.1 Å². The Hall–Kier alpha value is -1.55. The van der Waals surface area contributed by atoms with Crippen LogP contribution in [0.2, 0.25) is 0 Å². The van der Waals surface area contributed by atoms with Gasteiger partial charge in [0.1, 0.15) is 0 Å².